The molecule has 0 aromatic rings. The Morgan fingerprint density at radius 2 is 1.34 bits per heavy atom. The number of ether oxygens (including phenoxy) is 3. The van der Waals surface area contributed by atoms with Gasteiger partial charge in [-0.1, -0.05) is 96.8 Å². The molecule has 1 aliphatic heterocycles. The fourth-order valence-electron chi connectivity index (χ4n) is 5.20. The summed E-state index contributed by atoms with van der Waals surface area (Å²) in [4.78, 5) is 12.4. The molecule has 0 aromatic carbocycles. The van der Waals surface area contributed by atoms with Crippen molar-refractivity contribution < 1.29 is 49.6 Å². The quantitative estimate of drug-likeness (QED) is 0.0682. The third-order valence-corrected chi connectivity index (χ3v) is 7.91. The molecule has 10 nitrogen and oxygen atoms in total. The van der Waals surface area contributed by atoms with Crippen LogP contribution in [-0.2, 0) is 19.0 Å². The molecule has 41 heavy (non-hydrogen) atoms. The van der Waals surface area contributed by atoms with E-state index in [2.05, 4.69) is 6.92 Å². The van der Waals surface area contributed by atoms with Crippen LogP contribution in [0.4, 0.5) is 0 Å². The lowest BCUT2D eigenvalue weighted by Crippen LogP contribution is -2.54. The fraction of sp³-hybridized carbons (Fsp3) is 0.968. The normalized spacial score (nSPS) is 24.1. The first-order valence-corrected chi connectivity index (χ1v) is 16.1. The maximum absolute atomic E-state index is 12.4. The lowest BCUT2D eigenvalue weighted by atomic mass is 9.95. The summed E-state index contributed by atoms with van der Waals surface area (Å²) in [5, 5.41) is 59.0. The summed E-state index contributed by atoms with van der Waals surface area (Å²) >= 11 is 0. The summed E-state index contributed by atoms with van der Waals surface area (Å²) in [6.45, 7) is 2.36. The molecule has 1 aliphatic rings. The van der Waals surface area contributed by atoms with Crippen molar-refractivity contribution >= 4 is 5.97 Å². The summed E-state index contributed by atoms with van der Waals surface area (Å²) in [7, 11) is 0. The number of hydrogen-bond donors (Lipinski definition) is 6. The highest BCUT2D eigenvalue weighted by molar-refractivity contribution is 5.69. The van der Waals surface area contributed by atoms with E-state index in [1.807, 2.05) is 0 Å². The predicted molar refractivity (Wildman–Crippen MR) is 156 cm³/mol. The average Bonchev–Trinajstić information content (AvgIpc) is 2.95. The molecule has 0 amide bonds. The Labute approximate surface area is 247 Å². The van der Waals surface area contributed by atoms with Crippen molar-refractivity contribution in [1.82, 2.24) is 0 Å². The number of carbonyl (C=O) groups excluding carboxylic acids is 1. The second-order valence-corrected chi connectivity index (χ2v) is 12.0. The molecule has 244 valence electrons. The molecule has 1 saturated heterocycles. The van der Waals surface area contributed by atoms with Gasteiger partial charge in [0, 0.05) is 19.3 Å². The van der Waals surface area contributed by atoms with E-state index < -0.39 is 61.6 Å². The maximum atomic E-state index is 12.4. The summed E-state index contributed by atoms with van der Waals surface area (Å²) in [5.41, 5.74) is -1.38. The van der Waals surface area contributed by atoms with E-state index >= 15 is 0 Å². The van der Waals surface area contributed by atoms with Crippen molar-refractivity contribution in [1.29, 1.82) is 0 Å². The van der Waals surface area contributed by atoms with Crippen LogP contribution in [0.25, 0.3) is 0 Å². The second-order valence-electron chi connectivity index (χ2n) is 12.0. The minimum Gasteiger partial charge on any atom is -0.463 e. The molecular formula is C31H60O10. The molecular weight excluding hydrogens is 532 g/mol. The third-order valence-electron chi connectivity index (χ3n) is 7.91. The number of aliphatic hydroxyl groups is 6. The van der Waals surface area contributed by atoms with E-state index in [4.69, 9.17) is 14.2 Å². The van der Waals surface area contributed by atoms with Crippen molar-refractivity contribution in [2.75, 3.05) is 19.8 Å². The molecule has 0 radical (unpaired) electrons. The van der Waals surface area contributed by atoms with Gasteiger partial charge < -0.3 is 44.8 Å². The van der Waals surface area contributed by atoms with Gasteiger partial charge in [0.05, 0.1) is 25.4 Å². The molecule has 10 heteroatoms. The van der Waals surface area contributed by atoms with Crippen molar-refractivity contribution in [2.45, 2.75) is 172 Å². The van der Waals surface area contributed by atoms with Crippen LogP contribution in [0.5, 0.6) is 0 Å². The molecule has 0 saturated carbocycles. The van der Waals surface area contributed by atoms with E-state index in [1.165, 1.54) is 77.6 Å². The van der Waals surface area contributed by atoms with Crippen LogP contribution in [0, 0.1) is 0 Å². The first kappa shape index (κ1) is 38.2. The Morgan fingerprint density at radius 1 is 0.829 bits per heavy atom. The van der Waals surface area contributed by atoms with Crippen molar-refractivity contribution in [3.05, 3.63) is 0 Å². The molecule has 6 N–H and O–H groups in total. The van der Waals surface area contributed by atoms with Crippen molar-refractivity contribution in [2.24, 2.45) is 0 Å². The van der Waals surface area contributed by atoms with Gasteiger partial charge in [-0.15, -0.1) is 0 Å². The SMILES string of the molecule is CCCCCCCCCCCCCCCCCC(=O)OCC(C)(C[C@H](O)[C@H](O)CO)O[C@H]1O[C@H](CO)[C@@H](O)C[C@H]1O. The monoisotopic (exact) mass is 592 g/mol. The first-order valence-electron chi connectivity index (χ1n) is 16.1. The molecule has 0 aliphatic carbocycles. The highest BCUT2D eigenvalue weighted by atomic mass is 16.7. The Kier molecular flexibility index (Phi) is 21.1. The minimum atomic E-state index is -1.43. The van der Waals surface area contributed by atoms with Gasteiger partial charge in [0.1, 0.15) is 30.5 Å². The molecule has 0 bridgehead atoms. The fourth-order valence-corrected chi connectivity index (χ4v) is 5.20. The van der Waals surface area contributed by atoms with Crippen molar-refractivity contribution in [3.8, 4) is 0 Å². The molecule has 1 fully saturated rings. The van der Waals surface area contributed by atoms with Crippen LogP contribution in [0.2, 0.25) is 0 Å². The Balaban J connectivity index is 2.31. The molecule has 0 spiro atoms. The van der Waals surface area contributed by atoms with Gasteiger partial charge in [0.15, 0.2) is 6.29 Å². The van der Waals surface area contributed by atoms with Crippen LogP contribution in [0.15, 0.2) is 0 Å². The molecule has 1 rings (SSSR count). The summed E-state index contributed by atoms with van der Waals surface area (Å²) < 4.78 is 16.8. The van der Waals surface area contributed by atoms with Gasteiger partial charge in [-0.25, -0.2) is 0 Å². The Bertz CT molecular complexity index is 650. The Morgan fingerprint density at radius 3 is 1.83 bits per heavy atom. The third kappa shape index (κ3) is 17.1. The summed E-state index contributed by atoms with van der Waals surface area (Å²) in [6, 6.07) is 0. The van der Waals surface area contributed by atoms with Gasteiger partial charge >= 0.3 is 5.97 Å². The maximum Gasteiger partial charge on any atom is 0.305 e. The number of unbranched alkanes of at least 4 members (excludes halogenated alkanes) is 14. The van der Waals surface area contributed by atoms with Crippen LogP contribution in [0.1, 0.15) is 129 Å². The highest BCUT2D eigenvalue weighted by Gasteiger charge is 2.42. The molecule has 1 heterocycles. The predicted octanol–water partition coefficient (Wildman–Crippen LogP) is 3.50. The number of aliphatic hydroxyl groups excluding tert-OH is 6. The number of hydrogen-bond acceptors (Lipinski definition) is 10. The van der Waals surface area contributed by atoms with E-state index in [-0.39, 0.29) is 25.9 Å². The van der Waals surface area contributed by atoms with Gasteiger partial charge in [0.2, 0.25) is 0 Å². The topological polar surface area (TPSA) is 166 Å². The van der Waals surface area contributed by atoms with Crippen molar-refractivity contribution in [3.63, 3.8) is 0 Å². The van der Waals surface area contributed by atoms with E-state index in [1.54, 1.807) is 0 Å². The van der Waals surface area contributed by atoms with Crippen LogP contribution in [0.3, 0.4) is 0 Å². The van der Waals surface area contributed by atoms with E-state index in [0.717, 1.165) is 19.3 Å². The molecule has 1 unspecified atom stereocenters. The highest BCUT2D eigenvalue weighted by Crippen LogP contribution is 2.29. The number of carbonyl (C=O) groups is 1. The Hall–Kier alpha value is -0.850. The van der Waals surface area contributed by atoms with Crippen LogP contribution in [-0.4, -0.2) is 98.8 Å². The second kappa shape index (κ2) is 22.7. The van der Waals surface area contributed by atoms with Gasteiger partial charge in [-0.2, -0.15) is 0 Å². The first-order chi connectivity index (χ1) is 19.7. The number of esters is 1. The smallest absolute Gasteiger partial charge is 0.305 e. The molecule has 7 atom stereocenters. The lowest BCUT2D eigenvalue weighted by molar-refractivity contribution is -0.308. The zero-order chi connectivity index (χ0) is 30.5. The lowest BCUT2D eigenvalue weighted by Gasteiger charge is -2.41. The minimum absolute atomic E-state index is 0.0905. The summed E-state index contributed by atoms with van der Waals surface area (Å²) in [6.07, 6.45) is 11.1. The zero-order valence-corrected chi connectivity index (χ0v) is 25.6. The zero-order valence-electron chi connectivity index (χ0n) is 25.6. The largest absolute Gasteiger partial charge is 0.463 e. The molecule has 0 aromatic heterocycles. The van der Waals surface area contributed by atoms with Gasteiger partial charge in [0.25, 0.3) is 0 Å². The standard InChI is InChI=1S/C31H60O10/c1-3-4-5-6-7-8-9-10-11-12-13-14-15-16-17-18-29(38)39-23-31(2,20-26(36)27(37)21-32)41-30-25(35)19-24(34)28(22-33)40-30/h24-28,30,32-37H,3-23H2,1-2H3/t24-,25+,26-,27+,28+,30+,31?/m0/s1. The summed E-state index contributed by atoms with van der Waals surface area (Å²) in [5.74, 6) is -0.416. The van der Waals surface area contributed by atoms with Gasteiger partial charge in [-0.3, -0.25) is 4.79 Å². The van der Waals surface area contributed by atoms with E-state index in [9.17, 15) is 35.4 Å². The van der Waals surface area contributed by atoms with Crippen LogP contribution >= 0.6 is 0 Å². The van der Waals surface area contributed by atoms with Gasteiger partial charge in [-0.05, 0) is 13.3 Å². The average molecular weight is 593 g/mol. The number of rotatable bonds is 25. The van der Waals surface area contributed by atoms with Crippen LogP contribution < -0.4 is 0 Å². The van der Waals surface area contributed by atoms with E-state index in [0.29, 0.717) is 6.42 Å².